The minimum absolute atomic E-state index is 0.292. The van der Waals surface area contributed by atoms with Crippen molar-refractivity contribution < 1.29 is 0 Å². The lowest BCUT2D eigenvalue weighted by Crippen LogP contribution is -2.12. The van der Waals surface area contributed by atoms with Gasteiger partial charge >= 0.3 is 0 Å². The monoisotopic (exact) mass is 243 g/mol. The third-order valence-corrected chi connectivity index (χ3v) is 3.14. The van der Waals surface area contributed by atoms with Gasteiger partial charge in [-0.1, -0.05) is 43.7 Å². The van der Waals surface area contributed by atoms with Crippen LogP contribution in [0.4, 0.5) is 5.13 Å². The summed E-state index contributed by atoms with van der Waals surface area (Å²) in [4.78, 5) is 4.52. The van der Waals surface area contributed by atoms with Crippen LogP contribution in [-0.2, 0) is 0 Å². The van der Waals surface area contributed by atoms with Gasteiger partial charge in [-0.2, -0.15) is 5.26 Å². The molecule has 0 aromatic carbocycles. The van der Waals surface area contributed by atoms with Crippen molar-refractivity contribution in [3.8, 4) is 6.07 Å². The van der Waals surface area contributed by atoms with Crippen LogP contribution in [0.5, 0.6) is 0 Å². The van der Waals surface area contributed by atoms with E-state index in [0.29, 0.717) is 15.4 Å². The summed E-state index contributed by atoms with van der Waals surface area (Å²) >= 11 is 7.05. The van der Waals surface area contributed by atoms with Crippen LogP contribution in [0.3, 0.4) is 0 Å². The third-order valence-electron chi connectivity index (χ3n) is 1.84. The Morgan fingerprint density at radius 1 is 1.53 bits per heavy atom. The van der Waals surface area contributed by atoms with E-state index in [1.54, 1.807) is 0 Å². The van der Waals surface area contributed by atoms with E-state index in [9.17, 15) is 0 Å². The van der Waals surface area contributed by atoms with Gasteiger partial charge in [0.05, 0.1) is 0 Å². The summed E-state index contributed by atoms with van der Waals surface area (Å²) < 4.78 is 0. The van der Waals surface area contributed by atoms with Crippen LogP contribution >= 0.6 is 22.9 Å². The van der Waals surface area contributed by atoms with Gasteiger partial charge < -0.3 is 5.32 Å². The molecule has 0 aliphatic rings. The van der Waals surface area contributed by atoms with Gasteiger partial charge in [-0.3, -0.25) is 0 Å². The van der Waals surface area contributed by atoms with Gasteiger partial charge in [-0.25, -0.2) is 4.98 Å². The van der Waals surface area contributed by atoms with Crippen molar-refractivity contribution in [3.63, 3.8) is 0 Å². The molecule has 0 aliphatic heterocycles. The molecular formula is C10H14ClN3S. The van der Waals surface area contributed by atoms with Crippen LogP contribution in [-0.4, -0.2) is 11.5 Å². The van der Waals surface area contributed by atoms with Crippen molar-refractivity contribution >= 4 is 28.1 Å². The summed E-state index contributed by atoms with van der Waals surface area (Å²) in [5.74, 6) is 0. The molecule has 0 spiro atoms. The van der Waals surface area contributed by atoms with Gasteiger partial charge in [-0.15, -0.1) is 0 Å². The van der Waals surface area contributed by atoms with Crippen molar-refractivity contribution in [2.24, 2.45) is 5.41 Å². The van der Waals surface area contributed by atoms with E-state index < -0.39 is 0 Å². The highest BCUT2D eigenvalue weighted by Gasteiger charge is 2.11. The Hall–Kier alpha value is -0.790. The summed E-state index contributed by atoms with van der Waals surface area (Å²) in [5, 5.41) is 12.9. The molecule has 1 rings (SSSR count). The summed E-state index contributed by atoms with van der Waals surface area (Å²) in [6, 6.07) is 2.01. The number of hydrogen-bond acceptors (Lipinski definition) is 4. The molecule has 3 nitrogen and oxygen atoms in total. The Bertz CT molecular complexity index is 373. The molecule has 1 aromatic heterocycles. The topological polar surface area (TPSA) is 48.7 Å². The number of thiazole rings is 1. The molecule has 1 aromatic rings. The van der Waals surface area contributed by atoms with E-state index in [4.69, 9.17) is 16.9 Å². The van der Waals surface area contributed by atoms with E-state index in [-0.39, 0.29) is 0 Å². The minimum atomic E-state index is 0.292. The van der Waals surface area contributed by atoms with Crippen molar-refractivity contribution in [2.75, 3.05) is 11.9 Å². The molecule has 0 fully saturated rings. The zero-order valence-electron chi connectivity index (χ0n) is 9.09. The van der Waals surface area contributed by atoms with Crippen molar-refractivity contribution in [1.29, 1.82) is 5.26 Å². The summed E-state index contributed by atoms with van der Waals surface area (Å²) in [7, 11) is 0. The molecule has 1 N–H and O–H groups in total. The number of anilines is 1. The standard InChI is InChI=1S/C10H14ClN3S/c1-10(2,3)4-5-13-9-14-8(11)7(6-12)15-9/h4-5H2,1-3H3,(H,13,14). The second-order valence-electron chi connectivity index (χ2n) is 4.49. The summed E-state index contributed by atoms with van der Waals surface area (Å²) in [5.41, 5.74) is 0.298. The minimum Gasteiger partial charge on any atom is -0.361 e. The molecule has 0 saturated heterocycles. The Labute approximate surface area is 99.1 Å². The molecule has 5 heteroatoms. The maximum Gasteiger partial charge on any atom is 0.185 e. The number of rotatable bonds is 3. The maximum atomic E-state index is 8.69. The van der Waals surface area contributed by atoms with Gasteiger partial charge in [0.2, 0.25) is 0 Å². The second kappa shape index (κ2) is 4.82. The zero-order valence-corrected chi connectivity index (χ0v) is 10.7. The molecule has 0 saturated carbocycles. The van der Waals surface area contributed by atoms with Gasteiger partial charge in [0.15, 0.2) is 10.3 Å². The molecule has 0 radical (unpaired) electrons. The van der Waals surface area contributed by atoms with E-state index >= 15 is 0 Å². The lowest BCUT2D eigenvalue weighted by atomic mass is 9.92. The first-order valence-corrected chi connectivity index (χ1v) is 5.92. The average Bonchev–Trinajstić information content (AvgIpc) is 2.44. The van der Waals surface area contributed by atoms with Gasteiger partial charge in [0.1, 0.15) is 10.9 Å². The Morgan fingerprint density at radius 3 is 2.67 bits per heavy atom. The summed E-state index contributed by atoms with van der Waals surface area (Å²) in [6.07, 6.45) is 1.05. The van der Waals surface area contributed by atoms with Crippen LogP contribution in [0.2, 0.25) is 5.15 Å². The fourth-order valence-corrected chi connectivity index (χ4v) is 1.96. The van der Waals surface area contributed by atoms with E-state index in [2.05, 4.69) is 31.1 Å². The molecule has 0 atom stereocenters. The third kappa shape index (κ3) is 4.06. The molecule has 0 aliphatic carbocycles. The molecule has 0 unspecified atom stereocenters. The van der Waals surface area contributed by atoms with Crippen molar-refractivity contribution in [2.45, 2.75) is 27.2 Å². The van der Waals surface area contributed by atoms with Crippen LogP contribution in [0, 0.1) is 16.7 Å². The Balaban J connectivity index is 2.49. The molecule has 82 valence electrons. The lowest BCUT2D eigenvalue weighted by molar-refractivity contribution is 0.390. The highest BCUT2D eigenvalue weighted by atomic mass is 35.5. The fourth-order valence-electron chi connectivity index (χ4n) is 0.991. The number of nitriles is 1. The molecular weight excluding hydrogens is 230 g/mol. The van der Waals surface area contributed by atoms with Crippen molar-refractivity contribution in [1.82, 2.24) is 4.98 Å². The molecule has 0 amide bonds. The van der Waals surface area contributed by atoms with Crippen molar-refractivity contribution in [3.05, 3.63) is 10.0 Å². The Kier molecular flexibility index (Phi) is 3.95. The quantitative estimate of drug-likeness (QED) is 0.884. The maximum absolute atomic E-state index is 8.69. The number of hydrogen-bond donors (Lipinski definition) is 1. The average molecular weight is 244 g/mol. The van der Waals surface area contributed by atoms with E-state index in [1.807, 2.05) is 6.07 Å². The summed E-state index contributed by atoms with van der Waals surface area (Å²) in [6.45, 7) is 7.40. The molecule has 1 heterocycles. The second-order valence-corrected chi connectivity index (χ2v) is 5.85. The first-order chi connectivity index (χ1) is 6.92. The fraction of sp³-hybridized carbons (Fsp3) is 0.600. The van der Waals surface area contributed by atoms with Crippen LogP contribution in [0.1, 0.15) is 32.1 Å². The Morgan fingerprint density at radius 2 is 2.20 bits per heavy atom. The molecule has 15 heavy (non-hydrogen) atoms. The number of nitrogens with zero attached hydrogens (tertiary/aromatic N) is 2. The van der Waals surface area contributed by atoms with Crippen LogP contribution in [0.25, 0.3) is 0 Å². The largest absolute Gasteiger partial charge is 0.361 e. The predicted octanol–water partition coefficient (Wildman–Crippen LogP) is 3.52. The zero-order chi connectivity index (χ0) is 11.5. The number of halogens is 1. The molecule has 0 bridgehead atoms. The van der Waals surface area contributed by atoms with E-state index in [1.165, 1.54) is 11.3 Å². The number of nitrogens with one attached hydrogen (secondary N) is 1. The smallest absolute Gasteiger partial charge is 0.185 e. The highest BCUT2D eigenvalue weighted by Crippen LogP contribution is 2.26. The number of aromatic nitrogens is 1. The first-order valence-electron chi connectivity index (χ1n) is 4.73. The van der Waals surface area contributed by atoms with Crippen LogP contribution in [0.15, 0.2) is 0 Å². The first kappa shape index (κ1) is 12.3. The van der Waals surface area contributed by atoms with Gasteiger partial charge in [-0.05, 0) is 11.8 Å². The van der Waals surface area contributed by atoms with Crippen LogP contribution < -0.4 is 5.32 Å². The highest BCUT2D eigenvalue weighted by molar-refractivity contribution is 7.16. The van der Waals surface area contributed by atoms with Gasteiger partial charge in [0, 0.05) is 6.54 Å². The SMILES string of the molecule is CC(C)(C)CCNc1nc(Cl)c(C#N)s1. The lowest BCUT2D eigenvalue weighted by Gasteiger charge is -2.17. The van der Waals surface area contributed by atoms with E-state index in [0.717, 1.165) is 18.1 Å². The van der Waals surface area contributed by atoms with Gasteiger partial charge in [0.25, 0.3) is 0 Å². The normalized spacial score (nSPS) is 11.1. The predicted molar refractivity (Wildman–Crippen MR) is 64.4 cm³/mol.